The first-order valence-corrected chi connectivity index (χ1v) is 8.85. The molecule has 0 atom stereocenters. The number of amides is 1. The highest BCUT2D eigenvalue weighted by Gasteiger charge is 2.30. The van der Waals surface area contributed by atoms with Gasteiger partial charge in [-0.1, -0.05) is 44.5 Å². The summed E-state index contributed by atoms with van der Waals surface area (Å²) in [4.78, 5) is 16.7. The van der Waals surface area contributed by atoms with Crippen LogP contribution >= 0.6 is 11.6 Å². The Morgan fingerprint density at radius 1 is 1.11 bits per heavy atom. The molecule has 3 rings (SSSR count). The van der Waals surface area contributed by atoms with Crippen LogP contribution in [0.1, 0.15) is 32.8 Å². The number of benzene rings is 1. The van der Waals surface area contributed by atoms with Crippen LogP contribution in [0.15, 0.2) is 36.4 Å². The number of carbonyl (C=O) groups is 1. The van der Waals surface area contributed by atoms with Crippen molar-refractivity contribution in [2.75, 3.05) is 5.32 Å². The Balaban J connectivity index is 2.08. The molecule has 2 aromatic heterocycles. The van der Waals surface area contributed by atoms with Gasteiger partial charge in [0.05, 0.1) is 5.56 Å². The highest BCUT2D eigenvalue weighted by Crippen LogP contribution is 2.34. The summed E-state index contributed by atoms with van der Waals surface area (Å²) < 4.78 is 40.0. The van der Waals surface area contributed by atoms with E-state index in [-0.39, 0.29) is 28.7 Å². The van der Waals surface area contributed by atoms with Gasteiger partial charge in [-0.3, -0.25) is 4.79 Å². The second kappa shape index (κ2) is 7.09. The first kappa shape index (κ1) is 20.1. The van der Waals surface area contributed by atoms with E-state index in [2.05, 4.69) is 15.4 Å². The summed E-state index contributed by atoms with van der Waals surface area (Å²) in [6.07, 6.45) is -4.19. The van der Waals surface area contributed by atoms with Crippen LogP contribution in [0.25, 0.3) is 16.9 Å². The monoisotopic (exact) mass is 410 g/mol. The minimum absolute atomic E-state index is 0.186. The van der Waals surface area contributed by atoms with Crippen LogP contribution in [0.5, 0.6) is 0 Å². The van der Waals surface area contributed by atoms with Crippen molar-refractivity contribution in [3.8, 4) is 11.3 Å². The second-order valence-electron chi connectivity index (χ2n) is 7.60. The third kappa shape index (κ3) is 4.44. The minimum Gasteiger partial charge on any atom is -0.309 e. The molecule has 3 aromatic rings. The summed E-state index contributed by atoms with van der Waals surface area (Å²) in [6.45, 7) is 5.77. The summed E-state index contributed by atoms with van der Waals surface area (Å²) in [5.41, 5.74) is 0.175. The Morgan fingerprint density at radius 3 is 2.32 bits per heavy atom. The summed E-state index contributed by atoms with van der Waals surface area (Å²) in [5, 5.41) is 7.10. The normalized spacial score (nSPS) is 12.4. The minimum atomic E-state index is -4.44. The van der Waals surface area contributed by atoms with Crippen LogP contribution < -0.4 is 5.32 Å². The zero-order chi connectivity index (χ0) is 20.7. The van der Waals surface area contributed by atoms with E-state index < -0.39 is 11.7 Å². The lowest BCUT2D eigenvalue weighted by Crippen LogP contribution is -2.20. The predicted molar refractivity (Wildman–Crippen MR) is 101 cm³/mol. The number of rotatable bonds is 3. The number of carbonyl (C=O) groups excluding carboxylic acids is 1. The number of fused-ring (bicyclic) bond motifs is 1. The lowest BCUT2D eigenvalue weighted by molar-refractivity contribution is -0.137. The number of hydrogen-bond acceptors (Lipinski definition) is 3. The molecule has 148 valence electrons. The average molecular weight is 411 g/mol. The fraction of sp³-hybridized carbons (Fsp3) is 0.316. The van der Waals surface area contributed by atoms with Gasteiger partial charge in [-0.05, 0) is 29.7 Å². The maximum absolute atomic E-state index is 12.9. The van der Waals surface area contributed by atoms with Gasteiger partial charge in [0.2, 0.25) is 5.91 Å². The Kier molecular flexibility index (Phi) is 5.10. The Hall–Kier alpha value is -2.61. The third-order valence-corrected chi connectivity index (χ3v) is 4.08. The molecule has 1 aromatic carbocycles. The molecule has 0 radical (unpaired) electrons. The zero-order valence-corrected chi connectivity index (χ0v) is 16.2. The van der Waals surface area contributed by atoms with E-state index in [0.717, 1.165) is 12.1 Å². The van der Waals surface area contributed by atoms with Gasteiger partial charge in [-0.25, -0.2) is 9.50 Å². The van der Waals surface area contributed by atoms with E-state index >= 15 is 0 Å². The fourth-order valence-electron chi connectivity index (χ4n) is 2.73. The molecular weight excluding hydrogens is 393 g/mol. The lowest BCUT2D eigenvalue weighted by Gasteiger charge is -2.17. The van der Waals surface area contributed by atoms with Crippen LogP contribution in [0.4, 0.5) is 19.0 Å². The molecule has 1 N–H and O–H groups in total. The number of imidazole rings is 1. The van der Waals surface area contributed by atoms with E-state index in [1.54, 1.807) is 12.1 Å². The maximum Gasteiger partial charge on any atom is 0.416 e. The molecule has 0 bridgehead atoms. The number of aromatic nitrogens is 3. The molecule has 0 saturated carbocycles. The SMILES string of the molecule is CC(C)(C)CC(=O)Nc1nc2ccc(Cl)nn2c1-c1ccc(C(F)(F)F)cc1. The van der Waals surface area contributed by atoms with Crippen molar-refractivity contribution >= 4 is 29.0 Å². The molecule has 0 saturated heterocycles. The molecule has 5 nitrogen and oxygen atoms in total. The maximum atomic E-state index is 12.9. The van der Waals surface area contributed by atoms with Gasteiger partial charge in [0.1, 0.15) is 10.8 Å². The number of nitrogens with zero attached hydrogens (tertiary/aromatic N) is 3. The fourth-order valence-corrected chi connectivity index (χ4v) is 2.87. The van der Waals surface area contributed by atoms with Gasteiger partial charge >= 0.3 is 6.18 Å². The van der Waals surface area contributed by atoms with Gasteiger partial charge in [-0.15, -0.1) is 0 Å². The highest BCUT2D eigenvalue weighted by atomic mass is 35.5. The average Bonchev–Trinajstić information content (AvgIpc) is 2.89. The number of halogens is 4. The Morgan fingerprint density at radius 2 is 1.75 bits per heavy atom. The highest BCUT2D eigenvalue weighted by molar-refractivity contribution is 6.29. The van der Waals surface area contributed by atoms with Crippen LogP contribution in [-0.4, -0.2) is 20.5 Å². The van der Waals surface area contributed by atoms with Crippen molar-refractivity contribution in [1.29, 1.82) is 0 Å². The van der Waals surface area contributed by atoms with Crippen molar-refractivity contribution in [1.82, 2.24) is 14.6 Å². The number of hydrogen-bond donors (Lipinski definition) is 1. The molecule has 0 aliphatic carbocycles. The molecule has 2 heterocycles. The summed E-state index contributed by atoms with van der Waals surface area (Å²) in [5.74, 6) is -0.0426. The zero-order valence-electron chi connectivity index (χ0n) is 15.4. The van der Waals surface area contributed by atoms with Gasteiger partial charge in [0.15, 0.2) is 11.5 Å². The van der Waals surface area contributed by atoms with Crippen molar-refractivity contribution in [2.45, 2.75) is 33.4 Å². The van der Waals surface area contributed by atoms with Crippen LogP contribution in [0.3, 0.4) is 0 Å². The quantitative estimate of drug-likeness (QED) is 0.625. The van der Waals surface area contributed by atoms with Crippen LogP contribution in [0.2, 0.25) is 5.15 Å². The lowest BCUT2D eigenvalue weighted by atomic mass is 9.92. The number of alkyl halides is 3. The molecule has 28 heavy (non-hydrogen) atoms. The largest absolute Gasteiger partial charge is 0.416 e. The van der Waals surface area contributed by atoms with Crippen molar-refractivity contribution in [2.24, 2.45) is 5.41 Å². The Labute approximate surface area is 164 Å². The van der Waals surface area contributed by atoms with Crippen LogP contribution in [-0.2, 0) is 11.0 Å². The summed E-state index contributed by atoms with van der Waals surface area (Å²) >= 11 is 5.97. The van der Waals surface area contributed by atoms with E-state index in [1.165, 1.54) is 16.6 Å². The predicted octanol–water partition coefficient (Wildman–Crippen LogP) is 5.44. The van der Waals surface area contributed by atoms with E-state index in [9.17, 15) is 18.0 Å². The molecule has 1 amide bonds. The van der Waals surface area contributed by atoms with Gasteiger partial charge in [-0.2, -0.15) is 18.3 Å². The van der Waals surface area contributed by atoms with Crippen LogP contribution in [0, 0.1) is 5.41 Å². The van der Waals surface area contributed by atoms with Gasteiger partial charge in [0, 0.05) is 12.0 Å². The standard InChI is InChI=1S/C19H18ClF3N4O/c1-18(2,3)10-15(28)25-17-16(27-14(24-17)9-8-13(20)26-27)11-4-6-12(7-5-11)19(21,22)23/h4-9H,10H2,1-3H3,(H,25,28). The summed E-state index contributed by atoms with van der Waals surface area (Å²) in [7, 11) is 0. The summed E-state index contributed by atoms with van der Waals surface area (Å²) in [6, 6.07) is 7.73. The molecule has 0 fully saturated rings. The first-order valence-electron chi connectivity index (χ1n) is 8.47. The van der Waals surface area contributed by atoms with Crippen molar-refractivity contribution in [3.05, 3.63) is 47.1 Å². The van der Waals surface area contributed by atoms with E-state index in [0.29, 0.717) is 16.9 Å². The smallest absolute Gasteiger partial charge is 0.309 e. The van der Waals surface area contributed by atoms with Crippen molar-refractivity contribution in [3.63, 3.8) is 0 Å². The molecular formula is C19H18ClF3N4O. The molecule has 0 aliphatic heterocycles. The second-order valence-corrected chi connectivity index (χ2v) is 7.98. The van der Waals surface area contributed by atoms with E-state index in [1.807, 2.05) is 20.8 Å². The number of anilines is 1. The van der Waals surface area contributed by atoms with Gasteiger partial charge in [0.25, 0.3) is 0 Å². The molecule has 0 unspecified atom stereocenters. The molecule has 0 spiro atoms. The molecule has 0 aliphatic rings. The first-order chi connectivity index (χ1) is 12.9. The van der Waals surface area contributed by atoms with E-state index in [4.69, 9.17) is 11.6 Å². The number of nitrogens with one attached hydrogen (secondary N) is 1. The van der Waals surface area contributed by atoms with Crippen molar-refractivity contribution < 1.29 is 18.0 Å². The molecule has 9 heteroatoms. The van der Waals surface area contributed by atoms with Gasteiger partial charge < -0.3 is 5.32 Å². The Bertz CT molecular complexity index is 1020. The third-order valence-electron chi connectivity index (χ3n) is 3.88. The topological polar surface area (TPSA) is 59.3 Å².